The van der Waals surface area contributed by atoms with E-state index in [4.69, 9.17) is 29.4 Å². The van der Waals surface area contributed by atoms with E-state index in [2.05, 4.69) is 15.9 Å². The van der Waals surface area contributed by atoms with E-state index in [-0.39, 0.29) is 30.9 Å². The Morgan fingerprint density at radius 1 is 1.18 bits per heavy atom. The van der Waals surface area contributed by atoms with Crippen molar-refractivity contribution in [3.63, 3.8) is 0 Å². The van der Waals surface area contributed by atoms with Gasteiger partial charge in [0.2, 0.25) is 6.79 Å². The van der Waals surface area contributed by atoms with Crippen LogP contribution in [-0.2, 0) is 20.7 Å². The maximum absolute atomic E-state index is 13.0. The summed E-state index contributed by atoms with van der Waals surface area (Å²) in [6.07, 6.45) is 0.522. The number of cyclic esters (lactones) is 1. The fourth-order valence-electron chi connectivity index (χ4n) is 7.98. The predicted octanol–water partition coefficient (Wildman–Crippen LogP) is 2.56. The highest BCUT2D eigenvalue weighted by molar-refractivity contribution is 7.99. The Morgan fingerprint density at radius 2 is 1.93 bits per heavy atom. The molecule has 5 aliphatic heterocycles. The Balaban J connectivity index is 1.56. The van der Waals surface area contributed by atoms with E-state index < -0.39 is 47.4 Å². The van der Waals surface area contributed by atoms with Gasteiger partial charge in [-0.3, -0.25) is 19.4 Å². The van der Waals surface area contributed by atoms with Gasteiger partial charge in [0, 0.05) is 47.0 Å². The van der Waals surface area contributed by atoms with Crippen LogP contribution in [0.15, 0.2) is 6.07 Å². The SMILES string of the molecule is COc1c(C)cc2c(c1O)[C@@H]1[C@@H]3C4SC[C@H](N)C(=O)OC[C@@H](c5c6c(c(C)c(OC(C)=O)c54)OCO6)N3[C@@H](C#N)[C@H](C2)N1C. The average molecular weight is 623 g/mol. The van der Waals surface area contributed by atoms with Crippen LogP contribution >= 0.6 is 11.8 Å². The van der Waals surface area contributed by atoms with Gasteiger partial charge in [0.05, 0.1) is 30.5 Å². The number of benzene rings is 2. The number of nitrogens with two attached hydrogens (primary N) is 1. The number of fused-ring (bicyclic) bond motifs is 9. The number of hydrogen-bond acceptors (Lipinski definition) is 13. The van der Waals surface area contributed by atoms with Crippen molar-refractivity contribution in [2.45, 2.75) is 68.7 Å². The lowest BCUT2D eigenvalue weighted by molar-refractivity contribution is -0.150. The number of methoxy groups -OCH3 is 1. The largest absolute Gasteiger partial charge is 0.504 e. The van der Waals surface area contributed by atoms with E-state index in [9.17, 15) is 20.0 Å². The molecular formula is C31H34N4O8S. The second-order valence-electron chi connectivity index (χ2n) is 12.0. The molecule has 2 aromatic carbocycles. The molecule has 0 aromatic heterocycles. The van der Waals surface area contributed by atoms with Crippen LogP contribution in [0.1, 0.15) is 57.6 Å². The second kappa shape index (κ2) is 10.4. The zero-order chi connectivity index (χ0) is 31.2. The lowest BCUT2D eigenvalue weighted by Gasteiger charge is -2.61. The molecule has 1 unspecified atom stereocenters. The summed E-state index contributed by atoms with van der Waals surface area (Å²) < 4.78 is 29.4. The smallest absolute Gasteiger partial charge is 0.323 e. The van der Waals surface area contributed by atoms with Crippen LogP contribution in [0.25, 0.3) is 0 Å². The fourth-order valence-corrected chi connectivity index (χ4v) is 9.42. The minimum absolute atomic E-state index is 0.0270. The van der Waals surface area contributed by atoms with Crippen molar-refractivity contribution in [1.82, 2.24) is 9.80 Å². The summed E-state index contributed by atoms with van der Waals surface area (Å²) >= 11 is 1.44. The Labute approximate surface area is 258 Å². The Kier molecular flexibility index (Phi) is 6.89. The Hall–Kier alpha value is -3.70. The number of nitrogens with zero attached hydrogens (tertiary/aromatic N) is 3. The van der Waals surface area contributed by atoms with Crippen molar-refractivity contribution >= 4 is 23.7 Å². The minimum Gasteiger partial charge on any atom is -0.504 e. The van der Waals surface area contributed by atoms with Crippen molar-refractivity contribution in [2.24, 2.45) is 5.73 Å². The maximum Gasteiger partial charge on any atom is 0.323 e. The van der Waals surface area contributed by atoms with Crippen LogP contribution in [0.2, 0.25) is 0 Å². The molecule has 5 heterocycles. The number of aryl methyl sites for hydroxylation is 1. The van der Waals surface area contributed by atoms with Gasteiger partial charge in [-0.15, -0.1) is 11.8 Å². The van der Waals surface area contributed by atoms with Crippen LogP contribution in [0.3, 0.4) is 0 Å². The summed E-state index contributed by atoms with van der Waals surface area (Å²) in [5.41, 5.74) is 10.8. The molecule has 44 heavy (non-hydrogen) atoms. The predicted molar refractivity (Wildman–Crippen MR) is 158 cm³/mol. The first-order valence-electron chi connectivity index (χ1n) is 14.5. The third-order valence-electron chi connectivity index (χ3n) is 9.69. The zero-order valence-electron chi connectivity index (χ0n) is 25.1. The highest BCUT2D eigenvalue weighted by Gasteiger charge is 2.60. The molecule has 2 saturated heterocycles. The van der Waals surface area contributed by atoms with Crippen molar-refractivity contribution in [3.05, 3.63) is 39.4 Å². The zero-order valence-corrected chi connectivity index (χ0v) is 25.9. The van der Waals surface area contributed by atoms with E-state index >= 15 is 0 Å². The molecule has 12 nitrogen and oxygen atoms in total. The van der Waals surface area contributed by atoms with Crippen molar-refractivity contribution < 1.29 is 38.4 Å². The third-order valence-corrected chi connectivity index (χ3v) is 11.1. The number of likely N-dealkylation sites (N-methyl/N-ethyl adjacent to an activating group) is 1. The minimum atomic E-state index is -0.890. The number of aromatic hydroxyl groups is 1. The number of phenols is 1. The highest BCUT2D eigenvalue weighted by atomic mass is 32.2. The Morgan fingerprint density at radius 3 is 2.64 bits per heavy atom. The van der Waals surface area contributed by atoms with Crippen molar-refractivity contribution in [2.75, 3.05) is 33.3 Å². The number of piperazine rings is 1. The maximum atomic E-state index is 13.0. The monoisotopic (exact) mass is 622 g/mol. The molecule has 0 saturated carbocycles. The van der Waals surface area contributed by atoms with Crippen LogP contribution < -0.4 is 24.7 Å². The highest BCUT2D eigenvalue weighted by Crippen LogP contribution is 2.64. The van der Waals surface area contributed by atoms with Gasteiger partial charge in [-0.2, -0.15) is 5.26 Å². The number of ether oxygens (including phenoxy) is 5. The van der Waals surface area contributed by atoms with Gasteiger partial charge < -0.3 is 34.5 Å². The number of rotatable bonds is 2. The number of esters is 2. The fraction of sp³-hybridized carbons (Fsp3) is 0.516. The first-order chi connectivity index (χ1) is 21.1. The van der Waals surface area contributed by atoms with Gasteiger partial charge in [0.25, 0.3) is 0 Å². The second-order valence-corrected chi connectivity index (χ2v) is 13.2. The lowest BCUT2D eigenvalue weighted by atomic mass is 9.71. The molecule has 3 N–H and O–H groups in total. The Bertz CT molecular complexity index is 1640. The molecule has 13 heteroatoms. The third kappa shape index (κ3) is 3.94. The molecule has 0 radical (unpaired) electrons. The van der Waals surface area contributed by atoms with Gasteiger partial charge in [0.15, 0.2) is 23.0 Å². The van der Waals surface area contributed by atoms with Crippen molar-refractivity contribution in [3.8, 4) is 34.8 Å². The number of phenolic OH excluding ortho intramolecular Hbond substituents is 1. The molecule has 7 atom stereocenters. The van der Waals surface area contributed by atoms with E-state index in [0.717, 1.165) is 22.3 Å². The van der Waals surface area contributed by atoms with Gasteiger partial charge in [-0.05, 0) is 38.4 Å². The number of thioether (sulfide) groups is 1. The molecule has 232 valence electrons. The van der Waals surface area contributed by atoms with Crippen LogP contribution in [0.5, 0.6) is 28.7 Å². The topological polar surface area (TPSA) is 157 Å². The van der Waals surface area contributed by atoms with Crippen LogP contribution in [0, 0.1) is 25.2 Å². The molecule has 7 rings (SSSR count). The number of nitriles is 1. The van der Waals surface area contributed by atoms with Gasteiger partial charge in [-0.1, -0.05) is 6.07 Å². The van der Waals surface area contributed by atoms with Crippen LogP contribution in [-0.4, -0.2) is 84.3 Å². The van der Waals surface area contributed by atoms with E-state index in [1.807, 2.05) is 27.0 Å². The average Bonchev–Trinajstić information content (AvgIpc) is 3.47. The van der Waals surface area contributed by atoms with Crippen LogP contribution in [0.4, 0.5) is 0 Å². The summed E-state index contributed by atoms with van der Waals surface area (Å²) in [5, 5.41) is 22.1. The summed E-state index contributed by atoms with van der Waals surface area (Å²) in [5.74, 6) is 0.953. The lowest BCUT2D eigenvalue weighted by Crippen LogP contribution is -2.69. The summed E-state index contributed by atoms with van der Waals surface area (Å²) in [4.78, 5) is 29.8. The molecular weight excluding hydrogens is 588 g/mol. The van der Waals surface area contributed by atoms with Gasteiger partial charge in [-0.25, -0.2) is 0 Å². The standard InChI is InChI=1S/C31H34N4O8S/c1-12-6-15-7-17-18(8-32)35-19-9-40-31(38)16(33)10-44-30(24(35)23(34(17)4)20(15)25(37)26(12)39-5)22-21(19)29-28(41-11-42-29)13(2)27(22)43-14(3)36/h6,16-19,23-24,30,37H,7,9-11,33H2,1-5H3/t16-,17-,18-,19-,23+,24+,30?/m0/s1. The normalized spacial score (nSPS) is 30.4. The first kappa shape index (κ1) is 29.0. The quantitative estimate of drug-likeness (QED) is 0.372. The molecule has 2 aromatic rings. The molecule has 5 aliphatic rings. The summed E-state index contributed by atoms with van der Waals surface area (Å²) in [6, 6.07) is 1.36. The molecule has 0 spiro atoms. The van der Waals surface area contributed by atoms with E-state index in [0.29, 0.717) is 40.5 Å². The van der Waals surface area contributed by atoms with Gasteiger partial charge >= 0.3 is 11.9 Å². The first-order valence-corrected chi connectivity index (χ1v) is 15.6. The summed E-state index contributed by atoms with van der Waals surface area (Å²) in [7, 11) is 3.51. The van der Waals surface area contributed by atoms with Crippen molar-refractivity contribution in [1.29, 1.82) is 5.26 Å². The molecule has 4 bridgehead atoms. The summed E-state index contributed by atoms with van der Waals surface area (Å²) in [6.45, 7) is 4.93. The van der Waals surface area contributed by atoms with E-state index in [1.54, 1.807) is 0 Å². The van der Waals surface area contributed by atoms with E-state index in [1.165, 1.54) is 25.8 Å². The molecule has 2 fully saturated rings. The van der Waals surface area contributed by atoms with Gasteiger partial charge in [0.1, 0.15) is 24.4 Å². The number of hydrogen-bond donors (Lipinski definition) is 2. The number of carbonyl (C=O) groups excluding carboxylic acids is 2. The molecule has 0 aliphatic carbocycles. The molecule has 0 amide bonds. The number of carbonyl (C=O) groups is 2.